The second-order valence-corrected chi connectivity index (χ2v) is 12.3. The Morgan fingerprint density at radius 1 is 1.05 bits per heavy atom. The van der Waals surface area contributed by atoms with Crippen LogP contribution >= 0.6 is 0 Å². The van der Waals surface area contributed by atoms with Crippen LogP contribution in [0.4, 0.5) is 5.82 Å². The Hall–Kier alpha value is -3.79. The fourth-order valence-electron chi connectivity index (χ4n) is 5.13. The quantitative estimate of drug-likeness (QED) is 0.288. The van der Waals surface area contributed by atoms with Gasteiger partial charge < -0.3 is 24.6 Å². The summed E-state index contributed by atoms with van der Waals surface area (Å²) in [6, 6.07) is 14.9. The molecule has 220 valence electrons. The van der Waals surface area contributed by atoms with Gasteiger partial charge in [-0.15, -0.1) is 0 Å². The molecule has 1 amide bonds. The van der Waals surface area contributed by atoms with E-state index >= 15 is 0 Å². The minimum absolute atomic E-state index is 0.0291. The zero-order chi connectivity index (χ0) is 29.7. The molecule has 42 heavy (non-hydrogen) atoms. The van der Waals surface area contributed by atoms with E-state index in [1.165, 1.54) is 24.8 Å². The maximum absolute atomic E-state index is 13.0. The van der Waals surface area contributed by atoms with Gasteiger partial charge in [0.15, 0.2) is 29.0 Å². The number of aryl methyl sites for hydroxylation is 1. The topological polar surface area (TPSA) is 164 Å². The number of anilines is 1. The third-order valence-corrected chi connectivity index (χ3v) is 8.50. The van der Waals surface area contributed by atoms with E-state index in [1.807, 2.05) is 13.0 Å². The van der Waals surface area contributed by atoms with E-state index in [2.05, 4.69) is 20.3 Å². The van der Waals surface area contributed by atoms with Crippen LogP contribution < -0.4 is 5.32 Å². The lowest BCUT2D eigenvalue weighted by Gasteiger charge is -2.32. The van der Waals surface area contributed by atoms with Gasteiger partial charge >= 0.3 is 0 Å². The van der Waals surface area contributed by atoms with E-state index in [9.17, 15) is 18.3 Å². The van der Waals surface area contributed by atoms with Crippen molar-refractivity contribution in [3.8, 4) is 0 Å². The van der Waals surface area contributed by atoms with Crippen LogP contribution in [-0.4, -0.2) is 75.8 Å². The average Bonchev–Trinajstić information content (AvgIpc) is 3.63. The predicted octanol–water partition coefficient (Wildman–Crippen LogP) is 2.57. The summed E-state index contributed by atoms with van der Waals surface area (Å²) in [5, 5.41) is 13.3. The molecule has 0 aliphatic carbocycles. The van der Waals surface area contributed by atoms with Gasteiger partial charge in [-0.1, -0.05) is 35.9 Å². The highest BCUT2D eigenvalue weighted by Gasteiger charge is 2.64. The minimum Gasteiger partial charge on any atom is -0.393 e. The van der Waals surface area contributed by atoms with Crippen LogP contribution in [0.1, 0.15) is 36.0 Å². The molecule has 4 heterocycles. The Balaban J connectivity index is 1.31. The summed E-state index contributed by atoms with van der Waals surface area (Å²) in [7, 11) is -4.18. The SMILES string of the molecule is Cc1ccc(S(=O)(=O)OC[C@]2(CO)O[C@@H](n3cnc4c(NC(=O)c5ccccc5)ncnc43)[C@@H]3OC(C)(C)O[C@@H]32)cc1. The molecule has 0 radical (unpaired) electrons. The standard InChI is InChI=1S/C28H29N5O8S/c1-17-9-11-19(12-10-17)42(36,37)38-14-28(13-34)22-21(39-27(2,3)40-22)26(41-28)33-16-31-20-23(29-15-30-24(20)33)32-25(35)18-7-5-4-6-8-18/h4-12,15-16,21-22,26,34H,13-14H2,1-3H3,(H,29,30,32,35)/t21-,22+,26-,28+/m1/s1. The number of aliphatic hydroxyl groups is 1. The molecule has 2 aromatic heterocycles. The van der Waals surface area contributed by atoms with Crippen LogP contribution in [0.3, 0.4) is 0 Å². The van der Waals surface area contributed by atoms with Gasteiger partial charge in [0.05, 0.1) is 17.8 Å². The maximum atomic E-state index is 13.0. The molecule has 2 fully saturated rings. The number of hydrogen-bond acceptors (Lipinski definition) is 11. The lowest BCUT2D eigenvalue weighted by atomic mass is 9.97. The molecule has 2 N–H and O–H groups in total. The van der Waals surface area contributed by atoms with Crippen LogP contribution in [0.15, 0.2) is 72.1 Å². The fourth-order valence-corrected chi connectivity index (χ4v) is 6.09. The van der Waals surface area contributed by atoms with Gasteiger partial charge in [-0.2, -0.15) is 8.42 Å². The predicted molar refractivity (Wildman–Crippen MR) is 148 cm³/mol. The summed E-state index contributed by atoms with van der Waals surface area (Å²) >= 11 is 0. The van der Waals surface area contributed by atoms with Crippen LogP contribution in [0, 0.1) is 6.92 Å². The zero-order valence-corrected chi connectivity index (χ0v) is 23.8. The second kappa shape index (κ2) is 10.5. The van der Waals surface area contributed by atoms with Crippen molar-refractivity contribution >= 4 is 33.0 Å². The molecule has 4 atom stereocenters. The van der Waals surface area contributed by atoms with Crippen molar-refractivity contribution in [1.29, 1.82) is 0 Å². The Labute approximate surface area is 241 Å². The maximum Gasteiger partial charge on any atom is 0.297 e. The van der Waals surface area contributed by atoms with Crippen LogP contribution in [0.2, 0.25) is 0 Å². The zero-order valence-electron chi connectivity index (χ0n) is 23.0. The normalized spacial score (nSPS) is 25.0. The van der Waals surface area contributed by atoms with E-state index in [-0.39, 0.29) is 16.6 Å². The summed E-state index contributed by atoms with van der Waals surface area (Å²) in [4.78, 5) is 25.7. The fraction of sp³-hybridized carbons (Fsp3) is 0.357. The molecular weight excluding hydrogens is 566 g/mol. The first-order valence-corrected chi connectivity index (χ1v) is 14.6. The first-order chi connectivity index (χ1) is 20.0. The summed E-state index contributed by atoms with van der Waals surface area (Å²) in [6.07, 6.45) is 0.0673. The smallest absolute Gasteiger partial charge is 0.297 e. The molecule has 14 heteroatoms. The van der Waals surface area contributed by atoms with Gasteiger partial charge in [-0.25, -0.2) is 15.0 Å². The highest BCUT2D eigenvalue weighted by molar-refractivity contribution is 7.86. The number of ether oxygens (including phenoxy) is 3. The largest absolute Gasteiger partial charge is 0.393 e. The average molecular weight is 596 g/mol. The number of carbonyl (C=O) groups excluding carboxylic acids is 1. The number of nitrogens with one attached hydrogen (secondary N) is 1. The van der Waals surface area contributed by atoms with E-state index < -0.39 is 53.2 Å². The number of imidazole rings is 1. The Morgan fingerprint density at radius 2 is 1.79 bits per heavy atom. The molecule has 0 bridgehead atoms. The summed E-state index contributed by atoms with van der Waals surface area (Å²) in [6.45, 7) is 4.08. The number of fused-ring (bicyclic) bond motifs is 2. The van der Waals surface area contributed by atoms with Crippen molar-refractivity contribution < 1.29 is 36.7 Å². The molecule has 0 unspecified atom stereocenters. The molecule has 2 aromatic carbocycles. The Kier molecular flexibility index (Phi) is 7.07. The number of rotatable bonds is 8. The third kappa shape index (κ3) is 5.06. The van der Waals surface area contributed by atoms with E-state index in [0.29, 0.717) is 16.7 Å². The van der Waals surface area contributed by atoms with Crippen molar-refractivity contribution in [3.05, 3.63) is 78.4 Å². The van der Waals surface area contributed by atoms with Crippen LogP contribution in [0.5, 0.6) is 0 Å². The van der Waals surface area contributed by atoms with E-state index in [0.717, 1.165) is 5.56 Å². The number of aromatic nitrogens is 4. The minimum atomic E-state index is -4.18. The van der Waals surface area contributed by atoms with Crippen LogP contribution in [-0.2, 0) is 28.5 Å². The van der Waals surface area contributed by atoms with Gasteiger partial charge in [-0.05, 0) is 45.0 Å². The number of aliphatic hydroxyl groups excluding tert-OH is 1. The van der Waals surface area contributed by atoms with Gasteiger partial charge in [-0.3, -0.25) is 13.5 Å². The molecule has 6 rings (SSSR count). The van der Waals surface area contributed by atoms with Gasteiger partial charge in [0.1, 0.15) is 30.7 Å². The third-order valence-electron chi connectivity index (χ3n) is 7.22. The van der Waals surface area contributed by atoms with Crippen molar-refractivity contribution in [2.45, 2.75) is 55.5 Å². The molecule has 2 saturated heterocycles. The second-order valence-electron chi connectivity index (χ2n) is 10.6. The molecule has 2 aliphatic rings. The lowest BCUT2D eigenvalue weighted by Crippen LogP contribution is -2.50. The molecule has 0 saturated carbocycles. The first kappa shape index (κ1) is 28.3. The lowest BCUT2D eigenvalue weighted by molar-refractivity contribution is -0.231. The van der Waals surface area contributed by atoms with Gasteiger partial charge in [0.25, 0.3) is 16.0 Å². The molecule has 13 nitrogen and oxygen atoms in total. The first-order valence-electron chi connectivity index (χ1n) is 13.2. The molecule has 2 aliphatic heterocycles. The van der Waals surface area contributed by atoms with Crippen molar-refractivity contribution in [3.63, 3.8) is 0 Å². The Bertz CT molecular complexity index is 1730. The Morgan fingerprint density at radius 3 is 2.50 bits per heavy atom. The summed E-state index contributed by atoms with van der Waals surface area (Å²) in [5.74, 6) is -1.26. The van der Waals surface area contributed by atoms with Gasteiger partial charge in [0.2, 0.25) is 0 Å². The number of carbonyl (C=O) groups is 1. The van der Waals surface area contributed by atoms with Crippen molar-refractivity contribution in [2.24, 2.45) is 0 Å². The number of nitrogens with zero attached hydrogens (tertiary/aromatic N) is 4. The highest BCUT2D eigenvalue weighted by Crippen LogP contribution is 2.49. The van der Waals surface area contributed by atoms with Crippen molar-refractivity contribution in [2.75, 3.05) is 18.5 Å². The van der Waals surface area contributed by atoms with Crippen molar-refractivity contribution in [1.82, 2.24) is 19.5 Å². The number of hydrogen-bond donors (Lipinski definition) is 2. The summed E-state index contributed by atoms with van der Waals surface area (Å²) < 4.78 is 51.6. The van der Waals surface area contributed by atoms with Crippen LogP contribution in [0.25, 0.3) is 11.2 Å². The van der Waals surface area contributed by atoms with E-state index in [1.54, 1.807) is 54.8 Å². The molecular formula is C28H29N5O8S. The molecule has 4 aromatic rings. The summed E-state index contributed by atoms with van der Waals surface area (Å²) in [5.41, 5.74) is 0.322. The van der Waals surface area contributed by atoms with Gasteiger partial charge in [0, 0.05) is 5.56 Å². The number of benzene rings is 2. The monoisotopic (exact) mass is 595 g/mol. The highest BCUT2D eigenvalue weighted by atomic mass is 32.2. The molecule has 0 spiro atoms. The van der Waals surface area contributed by atoms with E-state index in [4.69, 9.17) is 18.4 Å². The number of amides is 1.